The van der Waals surface area contributed by atoms with Crippen molar-refractivity contribution in [3.05, 3.63) is 70.8 Å². The number of hydrogen-bond acceptors (Lipinski definition) is 2. The minimum absolute atomic E-state index is 0.155. The summed E-state index contributed by atoms with van der Waals surface area (Å²) in [4.78, 5) is 23.6. The van der Waals surface area contributed by atoms with Crippen LogP contribution in [0.3, 0.4) is 0 Å². The summed E-state index contributed by atoms with van der Waals surface area (Å²) in [6.07, 6.45) is -0.155. The number of rotatable bonds is 6. The average Bonchev–Trinajstić information content (AvgIpc) is 2.53. The molecule has 0 atom stereocenters. The second-order valence-corrected chi connectivity index (χ2v) is 5.64. The van der Waals surface area contributed by atoms with Crippen molar-refractivity contribution >= 4 is 11.8 Å². The molecule has 0 saturated carbocycles. The summed E-state index contributed by atoms with van der Waals surface area (Å²) in [5.74, 6) is -0.539. The molecule has 2 aromatic rings. The molecule has 2 N–H and O–H groups in total. The summed E-state index contributed by atoms with van der Waals surface area (Å²) in [6, 6.07) is 15.8. The molecule has 0 aliphatic rings. The molecule has 0 aliphatic heterocycles. The van der Waals surface area contributed by atoms with Crippen molar-refractivity contribution < 1.29 is 9.59 Å². The minimum Gasteiger partial charge on any atom is -0.352 e. The lowest BCUT2D eigenvalue weighted by atomic mass is 10.1. The number of nitrogens with one attached hydrogen (secondary N) is 2. The first kappa shape index (κ1) is 16.7. The largest absolute Gasteiger partial charge is 0.352 e. The normalized spacial score (nSPS) is 10.2. The van der Waals surface area contributed by atoms with Gasteiger partial charge >= 0.3 is 0 Å². The highest BCUT2D eigenvalue weighted by Gasteiger charge is 2.09. The lowest BCUT2D eigenvalue weighted by Gasteiger charge is -2.08. The second-order valence-electron chi connectivity index (χ2n) is 5.64. The zero-order chi connectivity index (χ0) is 16.7. The van der Waals surface area contributed by atoms with Crippen molar-refractivity contribution in [3.63, 3.8) is 0 Å². The Morgan fingerprint density at radius 3 is 2.09 bits per heavy atom. The molecular formula is C19H22N2O2. The van der Waals surface area contributed by atoms with Crippen molar-refractivity contribution in [2.24, 2.45) is 0 Å². The van der Waals surface area contributed by atoms with Gasteiger partial charge in [0, 0.05) is 13.1 Å². The Labute approximate surface area is 136 Å². The van der Waals surface area contributed by atoms with Crippen molar-refractivity contribution in [1.82, 2.24) is 10.6 Å². The fourth-order valence-corrected chi connectivity index (χ4v) is 2.18. The molecule has 0 heterocycles. The van der Waals surface area contributed by atoms with E-state index in [9.17, 15) is 9.59 Å². The molecule has 120 valence electrons. The van der Waals surface area contributed by atoms with E-state index in [-0.39, 0.29) is 18.2 Å². The van der Waals surface area contributed by atoms with E-state index in [1.165, 1.54) is 5.56 Å². The lowest BCUT2D eigenvalue weighted by molar-refractivity contribution is -0.129. The topological polar surface area (TPSA) is 58.2 Å². The zero-order valence-corrected chi connectivity index (χ0v) is 13.6. The maximum absolute atomic E-state index is 11.8. The van der Waals surface area contributed by atoms with Crippen LogP contribution in [0.15, 0.2) is 48.5 Å². The van der Waals surface area contributed by atoms with Gasteiger partial charge in [0.1, 0.15) is 6.42 Å². The highest BCUT2D eigenvalue weighted by molar-refractivity contribution is 5.96. The van der Waals surface area contributed by atoms with Crippen molar-refractivity contribution in [2.75, 3.05) is 0 Å². The number of hydrogen-bond donors (Lipinski definition) is 2. The van der Waals surface area contributed by atoms with E-state index in [2.05, 4.69) is 10.6 Å². The molecule has 0 spiro atoms. The summed E-state index contributed by atoms with van der Waals surface area (Å²) in [5, 5.41) is 5.54. The highest BCUT2D eigenvalue weighted by atomic mass is 16.2. The molecule has 4 heteroatoms. The SMILES string of the molecule is Cc1ccc(CNC(=O)CC(=O)NCc2ccccc2C)cc1. The van der Waals surface area contributed by atoms with Gasteiger partial charge < -0.3 is 10.6 Å². The van der Waals surface area contributed by atoms with Gasteiger partial charge in [0.25, 0.3) is 0 Å². The number of amides is 2. The Kier molecular flexibility index (Phi) is 5.92. The fourth-order valence-electron chi connectivity index (χ4n) is 2.18. The van der Waals surface area contributed by atoms with E-state index in [1.807, 2.05) is 62.4 Å². The molecule has 0 fully saturated rings. The van der Waals surface area contributed by atoms with Crippen LogP contribution in [-0.4, -0.2) is 11.8 Å². The first-order chi connectivity index (χ1) is 11.0. The minimum atomic E-state index is -0.271. The van der Waals surface area contributed by atoms with Crippen LogP contribution < -0.4 is 10.6 Å². The Morgan fingerprint density at radius 1 is 0.826 bits per heavy atom. The molecule has 2 amide bonds. The summed E-state index contributed by atoms with van der Waals surface area (Å²) in [7, 11) is 0. The highest BCUT2D eigenvalue weighted by Crippen LogP contribution is 2.06. The maximum atomic E-state index is 11.8. The standard InChI is InChI=1S/C19H22N2O2/c1-14-7-9-16(10-8-14)12-20-18(22)11-19(23)21-13-17-6-4-3-5-15(17)2/h3-10H,11-13H2,1-2H3,(H,20,22)(H,21,23). The van der Waals surface area contributed by atoms with E-state index in [1.54, 1.807) is 0 Å². The Balaban J connectivity index is 1.73. The van der Waals surface area contributed by atoms with Crippen LogP contribution in [0.25, 0.3) is 0 Å². The summed E-state index contributed by atoms with van der Waals surface area (Å²) in [6.45, 7) is 4.89. The van der Waals surface area contributed by atoms with Gasteiger partial charge in [0.05, 0.1) is 0 Å². The van der Waals surface area contributed by atoms with Gasteiger partial charge in [-0.05, 0) is 30.5 Å². The first-order valence-electron chi connectivity index (χ1n) is 7.68. The monoisotopic (exact) mass is 310 g/mol. The third kappa shape index (κ3) is 5.58. The van der Waals surface area contributed by atoms with Crippen molar-refractivity contribution in [3.8, 4) is 0 Å². The number of carbonyl (C=O) groups excluding carboxylic acids is 2. The molecule has 23 heavy (non-hydrogen) atoms. The lowest BCUT2D eigenvalue weighted by Crippen LogP contribution is -2.31. The van der Waals surface area contributed by atoms with Gasteiger partial charge in [-0.3, -0.25) is 9.59 Å². The molecule has 2 aromatic carbocycles. The summed E-state index contributed by atoms with van der Waals surface area (Å²) >= 11 is 0. The van der Waals surface area contributed by atoms with E-state index >= 15 is 0 Å². The van der Waals surface area contributed by atoms with E-state index in [4.69, 9.17) is 0 Å². The molecule has 0 aromatic heterocycles. The molecule has 0 aliphatic carbocycles. The Bertz CT molecular complexity index is 678. The molecule has 0 radical (unpaired) electrons. The molecule has 0 saturated heterocycles. The van der Waals surface area contributed by atoms with Crippen LogP contribution in [0.4, 0.5) is 0 Å². The van der Waals surface area contributed by atoms with Gasteiger partial charge in [0.2, 0.25) is 11.8 Å². The zero-order valence-electron chi connectivity index (χ0n) is 13.6. The predicted molar refractivity (Wildman–Crippen MR) is 90.7 cm³/mol. The van der Waals surface area contributed by atoms with Crippen LogP contribution in [0.2, 0.25) is 0 Å². The first-order valence-corrected chi connectivity index (χ1v) is 7.68. The van der Waals surface area contributed by atoms with Crippen molar-refractivity contribution in [1.29, 1.82) is 0 Å². The smallest absolute Gasteiger partial charge is 0.229 e. The molecule has 0 unspecified atom stereocenters. The summed E-state index contributed by atoms with van der Waals surface area (Å²) < 4.78 is 0. The fraction of sp³-hybridized carbons (Fsp3) is 0.263. The quantitative estimate of drug-likeness (QED) is 0.806. The van der Waals surface area contributed by atoms with Gasteiger partial charge in [0.15, 0.2) is 0 Å². The number of benzene rings is 2. The number of aryl methyl sites for hydroxylation is 2. The summed E-state index contributed by atoms with van der Waals surface area (Å²) in [5.41, 5.74) is 4.37. The van der Waals surface area contributed by atoms with Gasteiger partial charge in [-0.15, -0.1) is 0 Å². The second kappa shape index (κ2) is 8.13. The molecular weight excluding hydrogens is 288 g/mol. The van der Waals surface area contributed by atoms with Gasteiger partial charge in [-0.2, -0.15) is 0 Å². The van der Waals surface area contributed by atoms with Crippen LogP contribution in [0.5, 0.6) is 0 Å². The maximum Gasteiger partial charge on any atom is 0.229 e. The van der Waals surface area contributed by atoms with Crippen LogP contribution >= 0.6 is 0 Å². The third-order valence-corrected chi connectivity index (χ3v) is 3.67. The van der Waals surface area contributed by atoms with Crippen LogP contribution in [0, 0.1) is 13.8 Å². The third-order valence-electron chi connectivity index (χ3n) is 3.67. The predicted octanol–water partition coefficient (Wildman–Crippen LogP) is 2.63. The molecule has 2 rings (SSSR count). The van der Waals surface area contributed by atoms with Crippen LogP contribution in [0.1, 0.15) is 28.7 Å². The number of carbonyl (C=O) groups is 2. The van der Waals surface area contributed by atoms with E-state index < -0.39 is 0 Å². The van der Waals surface area contributed by atoms with E-state index in [0.717, 1.165) is 16.7 Å². The van der Waals surface area contributed by atoms with Gasteiger partial charge in [-0.1, -0.05) is 54.1 Å². The Morgan fingerprint density at radius 2 is 1.43 bits per heavy atom. The molecule has 0 bridgehead atoms. The van der Waals surface area contributed by atoms with E-state index in [0.29, 0.717) is 13.1 Å². The van der Waals surface area contributed by atoms with Crippen LogP contribution in [-0.2, 0) is 22.7 Å². The van der Waals surface area contributed by atoms with Gasteiger partial charge in [-0.25, -0.2) is 0 Å². The molecule has 4 nitrogen and oxygen atoms in total. The Hall–Kier alpha value is -2.62. The van der Waals surface area contributed by atoms with Crippen molar-refractivity contribution in [2.45, 2.75) is 33.4 Å². The average molecular weight is 310 g/mol.